The van der Waals surface area contributed by atoms with Crippen LogP contribution in [-0.2, 0) is 11.2 Å². The number of fused-ring (bicyclic) bond motifs is 1. The van der Waals surface area contributed by atoms with Gasteiger partial charge in [0.25, 0.3) is 0 Å². The average molecular weight is 256 g/mol. The van der Waals surface area contributed by atoms with E-state index in [0.717, 1.165) is 26.6 Å². The highest BCUT2D eigenvalue weighted by molar-refractivity contribution is 7.91. The van der Waals surface area contributed by atoms with Crippen LogP contribution in [0.2, 0.25) is 0 Å². The second-order valence-corrected chi connectivity index (χ2v) is 5.56. The molecule has 1 heterocycles. The van der Waals surface area contributed by atoms with E-state index in [0.29, 0.717) is 0 Å². The number of nitrogens with zero attached hydrogens (tertiary/aromatic N) is 1. The van der Waals surface area contributed by atoms with Gasteiger partial charge < -0.3 is 9.54 Å². The van der Waals surface area contributed by atoms with Gasteiger partial charge in [0, 0.05) is 17.2 Å². The fourth-order valence-corrected chi connectivity index (χ4v) is 3.00. The molecule has 0 saturated carbocycles. The third kappa shape index (κ3) is 2.00. The van der Waals surface area contributed by atoms with Crippen molar-refractivity contribution in [3.63, 3.8) is 0 Å². The molecule has 1 aromatic heterocycles. The molecule has 18 heavy (non-hydrogen) atoms. The zero-order valence-electron chi connectivity index (χ0n) is 9.88. The fraction of sp³-hybridized carbons (Fsp3) is 0.0714. The molecule has 90 valence electrons. The molecule has 0 saturated heterocycles. The Hall–Kier alpha value is -1.78. The quantitative estimate of drug-likeness (QED) is 0.716. The van der Waals surface area contributed by atoms with Crippen LogP contribution >= 0.6 is 0 Å². The molecule has 3 rings (SSSR count). The van der Waals surface area contributed by atoms with Crippen molar-refractivity contribution in [3.8, 4) is 0 Å². The molecule has 1 atom stereocenters. The molecule has 1 unspecified atom stereocenters. The largest absolute Gasteiger partial charge is 0.606 e. The number of benzene rings is 2. The Balaban J connectivity index is 2.03. The van der Waals surface area contributed by atoms with Crippen molar-refractivity contribution in [2.24, 2.45) is 0 Å². The standard InChI is InChI=1S/C14H12N2OS/c1-10-15-13-8-7-12(9-14(13)16-10)18(17)11-5-3-2-4-6-11/h2-9H,1H3,(H,15,16). The number of aryl methyl sites for hydroxylation is 1. The lowest BCUT2D eigenvalue weighted by atomic mass is 10.3. The van der Waals surface area contributed by atoms with Gasteiger partial charge in [0.1, 0.15) is 5.82 Å². The molecule has 0 bridgehead atoms. The van der Waals surface area contributed by atoms with Crippen molar-refractivity contribution in [1.82, 2.24) is 9.97 Å². The minimum absolute atomic E-state index is 0.778. The van der Waals surface area contributed by atoms with Gasteiger partial charge in [-0.25, -0.2) is 4.98 Å². The van der Waals surface area contributed by atoms with E-state index in [2.05, 4.69) is 9.97 Å². The molecule has 0 radical (unpaired) electrons. The van der Waals surface area contributed by atoms with Gasteiger partial charge in [0.2, 0.25) is 0 Å². The van der Waals surface area contributed by atoms with Crippen molar-refractivity contribution in [2.75, 3.05) is 0 Å². The first kappa shape index (κ1) is 11.3. The molecule has 0 aliphatic carbocycles. The molecule has 0 amide bonds. The maximum atomic E-state index is 12.4. The van der Waals surface area contributed by atoms with Crippen LogP contribution in [0.15, 0.2) is 58.3 Å². The van der Waals surface area contributed by atoms with E-state index < -0.39 is 11.2 Å². The number of hydrogen-bond acceptors (Lipinski definition) is 2. The maximum Gasteiger partial charge on any atom is 0.160 e. The molecule has 3 nitrogen and oxygen atoms in total. The Morgan fingerprint density at radius 2 is 1.83 bits per heavy atom. The van der Waals surface area contributed by atoms with Gasteiger partial charge in [-0.1, -0.05) is 18.2 Å². The summed E-state index contributed by atoms with van der Waals surface area (Å²) in [6.45, 7) is 1.91. The highest BCUT2D eigenvalue weighted by Gasteiger charge is 2.15. The van der Waals surface area contributed by atoms with Crippen LogP contribution in [-0.4, -0.2) is 14.5 Å². The summed E-state index contributed by atoms with van der Waals surface area (Å²) < 4.78 is 12.4. The van der Waals surface area contributed by atoms with E-state index in [1.807, 2.05) is 55.5 Å². The van der Waals surface area contributed by atoms with E-state index in [4.69, 9.17) is 0 Å². The Labute approximate surface area is 108 Å². The predicted octanol–water partition coefficient (Wildman–Crippen LogP) is 3.04. The molecular formula is C14H12N2OS. The summed E-state index contributed by atoms with van der Waals surface area (Å²) in [7, 11) is 0. The van der Waals surface area contributed by atoms with Crippen molar-refractivity contribution >= 4 is 22.2 Å². The summed E-state index contributed by atoms with van der Waals surface area (Å²) in [5, 5.41) is 0. The Morgan fingerprint density at radius 1 is 1.06 bits per heavy atom. The van der Waals surface area contributed by atoms with Crippen LogP contribution in [0.3, 0.4) is 0 Å². The van der Waals surface area contributed by atoms with Crippen molar-refractivity contribution < 1.29 is 4.55 Å². The molecule has 3 aromatic rings. The summed E-state index contributed by atoms with van der Waals surface area (Å²) in [4.78, 5) is 9.10. The number of aromatic amines is 1. The minimum atomic E-state index is -1.15. The van der Waals surface area contributed by atoms with E-state index in [9.17, 15) is 4.55 Å². The zero-order valence-corrected chi connectivity index (χ0v) is 10.7. The maximum absolute atomic E-state index is 12.4. The highest BCUT2D eigenvalue weighted by Crippen LogP contribution is 2.23. The number of nitrogens with one attached hydrogen (secondary N) is 1. The van der Waals surface area contributed by atoms with Gasteiger partial charge in [0.05, 0.1) is 11.0 Å². The summed E-state index contributed by atoms with van der Waals surface area (Å²) in [5.74, 6) is 0.868. The smallest absolute Gasteiger partial charge is 0.160 e. The van der Waals surface area contributed by atoms with Crippen LogP contribution < -0.4 is 0 Å². The topological polar surface area (TPSA) is 51.7 Å². The molecule has 1 N–H and O–H groups in total. The van der Waals surface area contributed by atoms with E-state index >= 15 is 0 Å². The highest BCUT2D eigenvalue weighted by atomic mass is 32.2. The van der Waals surface area contributed by atoms with Gasteiger partial charge in [-0.2, -0.15) is 0 Å². The first-order chi connectivity index (χ1) is 8.74. The van der Waals surface area contributed by atoms with E-state index in [-0.39, 0.29) is 0 Å². The number of imidazole rings is 1. The number of rotatable bonds is 2. The number of H-pyrrole nitrogens is 1. The fourth-order valence-electron chi connectivity index (χ4n) is 1.91. The Morgan fingerprint density at radius 3 is 2.61 bits per heavy atom. The van der Waals surface area contributed by atoms with Gasteiger partial charge in [-0.15, -0.1) is 0 Å². The molecule has 0 spiro atoms. The van der Waals surface area contributed by atoms with Crippen molar-refractivity contribution in [1.29, 1.82) is 0 Å². The second kappa shape index (κ2) is 4.48. The van der Waals surface area contributed by atoms with Crippen molar-refractivity contribution in [2.45, 2.75) is 16.7 Å². The molecular weight excluding hydrogens is 244 g/mol. The molecule has 4 heteroatoms. The van der Waals surface area contributed by atoms with Gasteiger partial charge in [-0.05, 0) is 31.2 Å². The Bertz CT molecular complexity index is 679. The summed E-state index contributed by atoms with van der Waals surface area (Å²) in [6.07, 6.45) is 0. The van der Waals surface area contributed by atoms with Gasteiger partial charge >= 0.3 is 0 Å². The van der Waals surface area contributed by atoms with Crippen LogP contribution in [0, 0.1) is 6.92 Å². The van der Waals surface area contributed by atoms with Crippen LogP contribution in [0.5, 0.6) is 0 Å². The van der Waals surface area contributed by atoms with Crippen LogP contribution in [0.25, 0.3) is 11.0 Å². The lowest BCUT2D eigenvalue weighted by Gasteiger charge is -2.09. The van der Waals surface area contributed by atoms with Gasteiger partial charge in [-0.3, -0.25) is 0 Å². The third-order valence-corrected chi connectivity index (χ3v) is 4.13. The molecule has 0 aliphatic rings. The summed E-state index contributed by atoms with van der Waals surface area (Å²) in [6, 6.07) is 15.1. The molecule has 0 aliphatic heterocycles. The SMILES string of the molecule is Cc1nc2cc([S+]([O-])c3ccccc3)ccc2[nH]1. The molecule has 0 fully saturated rings. The monoisotopic (exact) mass is 256 g/mol. The van der Waals surface area contributed by atoms with Crippen LogP contribution in [0.1, 0.15) is 5.82 Å². The number of hydrogen-bond donors (Lipinski definition) is 1. The predicted molar refractivity (Wildman–Crippen MR) is 71.9 cm³/mol. The Kier molecular flexibility index (Phi) is 2.81. The van der Waals surface area contributed by atoms with Crippen LogP contribution in [0.4, 0.5) is 0 Å². The van der Waals surface area contributed by atoms with E-state index in [1.165, 1.54) is 0 Å². The summed E-state index contributed by atoms with van der Waals surface area (Å²) in [5.41, 5.74) is 1.83. The van der Waals surface area contributed by atoms with Gasteiger partial charge in [0.15, 0.2) is 9.79 Å². The summed E-state index contributed by atoms with van der Waals surface area (Å²) >= 11 is -1.15. The third-order valence-electron chi connectivity index (χ3n) is 2.74. The first-order valence-corrected chi connectivity index (χ1v) is 6.82. The second-order valence-electron chi connectivity index (χ2n) is 4.08. The van der Waals surface area contributed by atoms with E-state index in [1.54, 1.807) is 0 Å². The zero-order chi connectivity index (χ0) is 12.5. The minimum Gasteiger partial charge on any atom is -0.606 e. The normalized spacial score (nSPS) is 12.8. The number of aromatic nitrogens is 2. The first-order valence-electron chi connectivity index (χ1n) is 5.67. The average Bonchev–Trinajstić information content (AvgIpc) is 2.78. The molecule has 2 aromatic carbocycles. The van der Waals surface area contributed by atoms with Crippen molar-refractivity contribution in [3.05, 3.63) is 54.4 Å². The lowest BCUT2D eigenvalue weighted by Crippen LogP contribution is -2.01. The lowest BCUT2D eigenvalue weighted by molar-refractivity contribution is 0.595.